The third kappa shape index (κ3) is 5.44. The van der Waals surface area contributed by atoms with Crippen molar-refractivity contribution in [1.82, 2.24) is 4.90 Å². The van der Waals surface area contributed by atoms with Crippen LogP contribution in [-0.2, 0) is 13.1 Å². The average Bonchev–Trinajstić information content (AvgIpc) is 2.63. The zero-order valence-corrected chi connectivity index (χ0v) is 15.0. The van der Waals surface area contributed by atoms with Crippen LogP contribution in [0.25, 0.3) is 0 Å². The third-order valence-electron chi connectivity index (χ3n) is 4.14. The Kier molecular flexibility index (Phi) is 7.22. The summed E-state index contributed by atoms with van der Waals surface area (Å²) in [4.78, 5) is 2.12. The molecule has 1 unspecified atom stereocenters. The number of ether oxygens (including phenoxy) is 2. The van der Waals surface area contributed by atoms with E-state index in [2.05, 4.69) is 4.90 Å². The van der Waals surface area contributed by atoms with E-state index in [-0.39, 0.29) is 5.82 Å². The van der Waals surface area contributed by atoms with E-state index in [0.29, 0.717) is 37.6 Å². The molecule has 0 saturated heterocycles. The quantitative estimate of drug-likeness (QED) is 0.752. The molecule has 0 spiro atoms. The largest absolute Gasteiger partial charge is 0.493 e. The van der Waals surface area contributed by atoms with Gasteiger partial charge in [-0.3, -0.25) is 4.90 Å². The lowest BCUT2D eigenvalue weighted by Crippen LogP contribution is -2.31. The predicted molar refractivity (Wildman–Crippen MR) is 96.4 cm³/mol. The summed E-state index contributed by atoms with van der Waals surface area (Å²) in [6, 6.07) is 12.2. The van der Waals surface area contributed by atoms with Crippen molar-refractivity contribution < 1.29 is 19.0 Å². The van der Waals surface area contributed by atoms with Gasteiger partial charge in [-0.05, 0) is 30.2 Å². The lowest BCUT2D eigenvalue weighted by molar-refractivity contribution is 0.101. The number of rotatable bonds is 9. The van der Waals surface area contributed by atoms with Gasteiger partial charge in [0.25, 0.3) is 0 Å². The van der Waals surface area contributed by atoms with Gasteiger partial charge in [-0.15, -0.1) is 0 Å². The van der Waals surface area contributed by atoms with Gasteiger partial charge in [0.1, 0.15) is 5.82 Å². The molecule has 25 heavy (non-hydrogen) atoms. The molecular formula is C20H26FNO3. The van der Waals surface area contributed by atoms with Crippen molar-refractivity contribution in [2.75, 3.05) is 20.8 Å². The first-order chi connectivity index (χ1) is 12.1. The average molecular weight is 347 g/mol. The Bertz CT molecular complexity index is 660. The molecule has 1 N–H and O–H groups in total. The van der Waals surface area contributed by atoms with Crippen molar-refractivity contribution in [1.29, 1.82) is 0 Å². The van der Waals surface area contributed by atoms with Crippen LogP contribution >= 0.6 is 0 Å². The second-order valence-electron chi connectivity index (χ2n) is 6.01. The van der Waals surface area contributed by atoms with E-state index >= 15 is 0 Å². The van der Waals surface area contributed by atoms with Crippen LogP contribution in [0.1, 0.15) is 24.5 Å². The maximum Gasteiger partial charge on any atom is 0.165 e. The van der Waals surface area contributed by atoms with E-state index in [1.54, 1.807) is 26.4 Å². The van der Waals surface area contributed by atoms with Crippen molar-refractivity contribution in [3.05, 3.63) is 59.4 Å². The van der Waals surface area contributed by atoms with E-state index in [4.69, 9.17) is 9.47 Å². The fourth-order valence-corrected chi connectivity index (χ4v) is 2.78. The molecule has 5 heteroatoms. The number of hydrogen-bond donors (Lipinski definition) is 1. The predicted octanol–water partition coefficient (Wildman–Crippen LogP) is 3.62. The molecule has 0 aliphatic heterocycles. The van der Waals surface area contributed by atoms with E-state index in [1.165, 1.54) is 12.1 Å². The Morgan fingerprint density at radius 1 is 1.04 bits per heavy atom. The van der Waals surface area contributed by atoms with E-state index in [0.717, 1.165) is 11.1 Å². The summed E-state index contributed by atoms with van der Waals surface area (Å²) < 4.78 is 24.0. The van der Waals surface area contributed by atoms with Crippen molar-refractivity contribution >= 4 is 0 Å². The smallest absolute Gasteiger partial charge is 0.165 e. The number of para-hydroxylation sites is 1. The van der Waals surface area contributed by atoms with Crippen LogP contribution < -0.4 is 9.47 Å². The molecule has 136 valence electrons. The fourth-order valence-electron chi connectivity index (χ4n) is 2.78. The summed E-state index contributed by atoms with van der Waals surface area (Å²) in [6.07, 6.45) is 0.256. The number of aliphatic hydroxyl groups excluding tert-OH is 1. The molecule has 0 heterocycles. The van der Waals surface area contributed by atoms with Crippen LogP contribution in [0.4, 0.5) is 4.39 Å². The lowest BCUT2D eigenvalue weighted by atomic mass is 10.1. The summed E-state index contributed by atoms with van der Waals surface area (Å²) >= 11 is 0. The van der Waals surface area contributed by atoms with Gasteiger partial charge in [0.2, 0.25) is 0 Å². The minimum Gasteiger partial charge on any atom is -0.493 e. The molecule has 0 aliphatic rings. The number of hydrogen-bond acceptors (Lipinski definition) is 4. The van der Waals surface area contributed by atoms with E-state index in [1.807, 2.05) is 25.1 Å². The highest BCUT2D eigenvalue weighted by molar-refractivity contribution is 5.46. The maximum absolute atomic E-state index is 13.1. The molecule has 0 bridgehead atoms. The summed E-state index contributed by atoms with van der Waals surface area (Å²) in [5.41, 5.74) is 1.97. The van der Waals surface area contributed by atoms with Crippen LogP contribution in [0, 0.1) is 5.82 Å². The van der Waals surface area contributed by atoms with Crippen LogP contribution in [0.15, 0.2) is 42.5 Å². The second kappa shape index (κ2) is 9.39. The summed E-state index contributed by atoms with van der Waals surface area (Å²) in [5, 5.41) is 10.1. The normalized spacial score (nSPS) is 12.2. The topological polar surface area (TPSA) is 41.9 Å². The van der Waals surface area contributed by atoms with E-state index < -0.39 is 6.10 Å². The highest BCUT2D eigenvalue weighted by Gasteiger charge is 2.16. The fraction of sp³-hybridized carbons (Fsp3) is 0.400. The van der Waals surface area contributed by atoms with Crippen molar-refractivity contribution in [2.45, 2.75) is 32.5 Å². The third-order valence-corrected chi connectivity index (χ3v) is 4.14. The molecular weight excluding hydrogens is 321 g/mol. The molecule has 2 aromatic rings. The van der Waals surface area contributed by atoms with Gasteiger partial charge < -0.3 is 14.6 Å². The van der Waals surface area contributed by atoms with Crippen molar-refractivity contribution in [3.8, 4) is 11.5 Å². The molecule has 0 aliphatic carbocycles. The Balaban J connectivity index is 2.22. The minimum absolute atomic E-state index is 0.252. The standard InChI is InChI=1S/C20H26FNO3/c1-4-18(23)14-22(12-15-8-10-17(21)11-9-15)13-16-6-5-7-19(24-2)20(16)25-3/h5-11,18,23H,4,12-14H2,1-3H3. The molecule has 4 nitrogen and oxygen atoms in total. The van der Waals surface area contributed by atoms with Crippen LogP contribution in [0.5, 0.6) is 11.5 Å². The number of halogens is 1. The molecule has 1 atom stereocenters. The first-order valence-corrected chi connectivity index (χ1v) is 8.42. The monoisotopic (exact) mass is 347 g/mol. The zero-order valence-electron chi connectivity index (χ0n) is 15.0. The highest BCUT2D eigenvalue weighted by Crippen LogP contribution is 2.31. The van der Waals surface area contributed by atoms with Gasteiger partial charge in [0.05, 0.1) is 20.3 Å². The lowest BCUT2D eigenvalue weighted by Gasteiger charge is -2.26. The second-order valence-corrected chi connectivity index (χ2v) is 6.01. The van der Waals surface area contributed by atoms with Gasteiger partial charge in [0.15, 0.2) is 11.5 Å². The Labute approximate surface area is 148 Å². The SMILES string of the molecule is CCC(O)CN(Cc1ccc(F)cc1)Cc1cccc(OC)c1OC. The Morgan fingerprint density at radius 2 is 1.76 bits per heavy atom. The van der Waals surface area contributed by atoms with Gasteiger partial charge in [-0.25, -0.2) is 4.39 Å². The molecule has 2 aromatic carbocycles. The molecule has 0 amide bonds. The zero-order chi connectivity index (χ0) is 18.2. The van der Waals surface area contributed by atoms with Crippen LogP contribution in [0.2, 0.25) is 0 Å². The van der Waals surface area contributed by atoms with Gasteiger partial charge in [-0.1, -0.05) is 31.2 Å². The highest BCUT2D eigenvalue weighted by atomic mass is 19.1. The van der Waals surface area contributed by atoms with Crippen molar-refractivity contribution in [2.24, 2.45) is 0 Å². The van der Waals surface area contributed by atoms with Gasteiger partial charge in [0, 0.05) is 25.2 Å². The van der Waals surface area contributed by atoms with Crippen LogP contribution in [0.3, 0.4) is 0 Å². The molecule has 0 radical (unpaired) electrons. The molecule has 0 saturated carbocycles. The first kappa shape index (κ1) is 19.2. The Hall–Kier alpha value is -2.11. The maximum atomic E-state index is 13.1. The summed E-state index contributed by atoms with van der Waals surface area (Å²) in [6.45, 7) is 3.67. The first-order valence-electron chi connectivity index (χ1n) is 8.42. The van der Waals surface area contributed by atoms with E-state index in [9.17, 15) is 9.50 Å². The number of methoxy groups -OCH3 is 2. The summed E-state index contributed by atoms with van der Waals surface area (Å²) in [5.74, 6) is 1.12. The molecule has 2 rings (SSSR count). The van der Waals surface area contributed by atoms with Crippen LogP contribution in [-0.4, -0.2) is 36.9 Å². The van der Waals surface area contributed by atoms with Gasteiger partial charge >= 0.3 is 0 Å². The summed E-state index contributed by atoms with van der Waals surface area (Å²) in [7, 11) is 3.23. The molecule has 0 fully saturated rings. The minimum atomic E-state index is -0.419. The Morgan fingerprint density at radius 3 is 2.36 bits per heavy atom. The molecule has 0 aromatic heterocycles. The number of nitrogens with zero attached hydrogens (tertiary/aromatic N) is 1. The number of aliphatic hydroxyl groups is 1. The van der Waals surface area contributed by atoms with Gasteiger partial charge in [-0.2, -0.15) is 0 Å². The number of benzene rings is 2. The van der Waals surface area contributed by atoms with Crippen molar-refractivity contribution in [3.63, 3.8) is 0 Å².